The monoisotopic (exact) mass is 379 g/mol. The van der Waals surface area contributed by atoms with Crippen molar-refractivity contribution >= 4 is 17.2 Å². The number of nitrogens with two attached hydrogens (primary N) is 1. The molecule has 2 bridgehead atoms. The Kier molecular flexibility index (Phi) is 4.94. The highest BCUT2D eigenvalue weighted by Crippen LogP contribution is 2.34. The van der Waals surface area contributed by atoms with Crippen molar-refractivity contribution in [3.05, 3.63) is 60.4 Å². The summed E-state index contributed by atoms with van der Waals surface area (Å²) in [6, 6.07) is 13.0. The summed E-state index contributed by atoms with van der Waals surface area (Å²) >= 11 is 0. The summed E-state index contributed by atoms with van der Waals surface area (Å²) in [6.45, 7) is 4.01. The molecule has 2 unspecified atom stereocenters. The molecule has 4 rings (SSSR count). The summed E-state index contributed by atoms with van der Waals surface area (Å²) in [5, 5.41) is 3.16. The van der Waals surface area contributed by atoms with Crippen LogP contribution in [0, 0.1) is 5.82 Å². The lowest BCUT2D eigenvalue weighted by Crippen LogP contribution is -2.48. The molecule has 1 amide bonds. The van der Waals surface area contributed by atoms with Crippen LogP contribution < -0.4 is 11.1 Å². The van der Waals surface area contributed by atoms with Crippen molar-refractivity contribution in [2.24, 2.45) is 0 Å². The van der Waals surface area contributed by atoms with Gasteiger partial charge in [0.05, 0.1) is 0 Å². The highest BCUT2D eigenvalue weighted by atomic mass is 19.1. The molecule has 2 aromatic carbocycles. The van der Waals surface area contributed by atoms with E-state index in [4.69, 9.17) is 5.73 Å². The Morgan fingerprint density at radius 1 is 1.11 bits per heavy atom. The second-order valence-corrected chi connectivity index (χ2v) is 7.98. The third-order valence-corrected chi connectivity index (χ3v) is 6.26. The molecular formula is C23H26FN3O. The molecule has 0 radical (unpaired) electrons. The molecular weight excluding hydrogens is 353 g/mol. The van der Waals surface area contributed by atoms with Gasteiger partial charge in [0, 0.05) is 34.9 Å². The fraction of sp³-hybridized carbons (Fsp3) is 0.348. The first-order valence-corrected chi connectivity index (χ1v) is 9.80. The van der Waals surface area contributed by atoms with Gasteiger partial charge in [-0.2, -0.15) is 0 Å². The molecule has 4 nitrogen and oxygen atoms in total. The van der Waals surface area contributed by atoms with Crippen LogP contribution in [0.15, 0.2) is 49.0 Å². The molecule has 3 N–H and O–H groups in total. The van der Waals surface area contributed by atoms with Gasteiger partial charge in [-0.1, -0.05) is 24.8 Å². The molecule has 0 saturated carbocycles. The average Bonchev–Trinajstić information content (AvgIpc) is 2.89. The highest BCUT2D eigenvalue weighted by Gasteiger charge is 2.38. The van der Waals surface area contributed by atoms with E-state index in [1.54, 1.807) is 18.2 Å². The second kappa shape index (κ2) is 7.40. The molecule has 28 heavy (non-hydrogen) atoms. The van der Waals surface area contributed by atoms with Gasteiger partial charge in [0.2, 0.25) is 0 Å². The van der Waals surface area contributed by atoms with Crippen molar-refractivity contribution in [3.8, 4) is 11.1 Å². The highest BCUT2D eigenvalue weighted by molar-refractivity contribution is 6.20. The molecule has 2 aromatic rings. The molecule has 2 aliphatic heterocycles. The summed E-state index contributed by atoms with van der Waals surface area (Å²) < 4.78 is 13.2. The van der Waals surface area contributed by atoms with Crippen LogP contribution in [0.1, 0.15) is 31.2 Å². The van der Waals surface area contributed by atoms with Crippen molar-refractivity contribution in [1.29, 1.82) is 0 Å². The first-order chi connectivity index (χ1) is 13.4. The topological polar surface area (TPSA) is 58.4 Å². The summed E-state index contributed by atoms with van der Waals surface area (Å²) in [5.74, 6) is -0.452. The predicted octanol–water partition coefficient (Wildman–Crippen LogP) is 3.83. The maximum absolute atomic E-state index is 13.2. The standard InChI is InChI=1S/C23H26FN3O/c1-14(23(28)26-18-12-19-8-9-20(13-18)27(19)2)21-11-16(5-10-22(21)25)15-3-6-17(24)7-4-15/h3-7,10-11,18-20H,1,8-9,12-13,25H2,2H3,(H,26,28). The van der Waals surface area contributed by atoms with Crippen LogP contribution in [0.25, 0.3) is 16.7 Å². The number of anilines is 1. The maximum Gasteiger partial charge on any atom is 0.251 e. The first kappa shape index (κ1) is 18.7. The minimum absolute atomic E-state index is 0.170. The number of carbonyl (C=O) groups excluding carboxylic acids is 1. The molecule has 2 aliphatic rings. The normalized spacial score (nSPS) is 24.1. The smallest absolute Gasteiger partial charge is 0.251 e. The largest absolute Gasteiger partial charge is 0.398 e. The second-order valence-electron chi connectivity index (χ2n) is 7.98. The quantitative estimate of drug-likeness (QED) is 0.627. The fourth-order valence-electron chi connectivity index (χ4n) is 4.56. The van der Waals surface area contributed by atoms with Crippen LogP contribution >= 0.6 is 0 Å². The van der Waals surface area contributed by atoms with Crippen molar-refractivity contribution in [2.45, 2.75) is 43.8 Å². The minimum atomic E-state index is -0.282. The van der Waals surface area contributed by atoms with Crippen LogP contribution in [-0.2, 0) is 4.79 Å². The molecule has 0 spiro atoms. The number of hydrogen-bond acceptors (Lipinski definition) is 3. The Morgan fingerprint density at radius 2 is 1.71 bits per heavy atom. The van der Waals surface area contributed by atoms with Crippen molar-refractivity contribution in [2.75, 3.05) is 12.8 Å². The number of amides is 1. The Labute approximate surface area is 165 Å². The predicted molar refractivity (Wildman–Crippen MR) is 111 cm³/mol. The molecule has 146 valence electrons. The van der Waals surface area contributed by atoms with E-state index in [1.165, 1.54) is 25.0 Å². The van der Waals surface area contributed by atoms with E-state index >= 15 is 0 Å². The number of fused-ring (bicyclic) bond motifs is 2. The third kappa shape index (κ3) is 3.54. The number of piperidine rings is 1. The molecule has 2 heterocycles. The number of nitrogens with zero attached hydrogens (tertiary/aromatic N) is 1. The summed E-state index contributed by atoms with van der Waals surface area (Å²) in [4.78, 5) is 15.3. The minimum Gasteiger partial charge on any atom is -0.398 e. The lowest BCUT2D eigenvalue weighted by Gasteiger charge is -2.36. The number of benzene rings is 2. The number of carbonyl (C=O) groups is 1. The molecule has 2 fully saturated rings. The Hall–Kier alpha value is -2.66. The fourth-order valence-corrected chi connectivity index (χ4v) is 4.56. The van der Waals surface area contributed by atoms with Gasteiger partial charge < -0.3 is 16.0 Å². The van der Waals surface area contributed by atoms with Gasteiger partial charge in [-0.05, 0) is 68.1 Å². The van der Waals surface area contributed by atoms with Gasteiger partial charge in [0.15, 0.2) is 0 Å². The summed E-state index contributed by atoms with van der Waals surface area (Å²) in [7, 11) is 2.18. The van der Waals surface area contributed by atoms with E-state index in [2.05, 4.69) is 23.8 Å². The van der Waals surface area contributed by atoms with Crippen molar-refractivity contribution < 1.29 is 9.18 Å². The lowest BCUT2D eigenvalue weighted by molar-refractivity contribution is -0.116. The first-order valence-electron chi connectivity index (χ1n) is 9.80. The maximum atomic E-state index is 13.2. The zero-order valence-corrected chi connectivity index (χ0v) is 16.1. The Morgan fingerprint density at radius 3 is 2.36 bits per heavy atom. The van der Waals surface area contributed by atoms with Crippen LogP contribution in [0.2, 0.25) is 0 Å². The van der Waals surface area contributed by atoms with E-state index in [9.17, 15) is 9.18 Å². The van der Waals surface area contributed by atoms with Crippen molar-refractivity contribution in [3.63, 3.8) is 0 Å². The van der Waals surface area contributed by atoms with E-state index in [1.807, 2.05) is 12.1 Å². The molecule has 2 atom stereocenters. The Bertz CT molecular complexity index is 895. The molecule has 5 heteroatoms. The van der Waals surface area contributed by atoms with Gasteiger partial charge in [-0.3, -0.25) is 4.79 Å². The number of nitrogens with one attached hydrogen (secondary N) is 1. The lowest BCUT2D eigenvalue weighted by atomic mass is 9.95. The Balaban J connectivity index is 1.50. The van der Waals surface area contributed by atoms with Gasteiger partial charge in [-0.25, -0.2) is 4.39 Å². The number of halogens is 1. The summed E-state index contributed by atoms with van der Waals surface area (Å²) in [5.41, 5.74) is 9.36. The van der Waals surface area contributed by atoms with E-state index < -0.39 is 0 Å². The zero-order chi connectivity index (χ0) is 19.8. The molecule has 0 aliphatic carbocycles. The van der Waals surface area contributed by atoms with Crippen LogP contribution in [-0.4, -0.2) is 36.0 Å². The number of hydrogen-bond donors (Lipinski definition) is 2. The van der Waals surface area contributed by atoms with E-state index in [-0.39, 0.29) is 17.8 Å². The number of nitrogen functional groups attached to an aromatic ring is 1. The number of rotatable bonds is 4. The third-order valence-electron chi connectivity index (χ3n) is 6.26. The van der Waals surface area contributed by atoms with Gasteiger partial charge >= 0.3 is 0 Å². The van der Waals surface area contributed by atoms with Crippen LogP contribution in [0.3, 0.4) is 0 Å². The van der Waals surface area contributed by atoms with Gasteiger partial charge in [0.1, 0.15) is 5.82 Å². The summed E-state index contributed by atoms with van der Waals surface area (Å²) in [6.07, 6.45) is 4.39. The average molecular weight is 379 g/mol. The van der Waals surface area contributed by atoms with Crippen LogP contribution in [0.4, 0.5) is 10.1 Å². The van der Waals surface area contributed by atoms with Crippen molar-refractivity contribution in [1.82, 2.24) is 10.2 Å². The van der Waals surface area contributed by atoms with Crippen LogP contribution in [0.5, 0.6) is 0 Å². The van der Waals surface area contributed by atoms with Gasteiger partial charge in [-0.15, -0.1) is 0 Å². The SMILES string of the molecule is C=C(C(=O)NC1CC2CCC(C1)N2C)c1cc(-c2ccc(F)cc2)ccc1N. The van der Waals surface area contributed by atoms with E-state index in [0.29, 0.717) is 28.9 Å². The molecule has 2 saturated heterocycles. The van der Waals surface area contributed by atoms with Gasteiger partial charge in [0.25, 0.3) is 5.91 Å². The molecule has 0 aromatic heterocycles. The zero-order valence-electron chi connectivity index (χ0n) is 16.1. The van der Waals surface area contributed by atoms with E-state index in [0.717, 1.165) is 24.0 Å².